The summed E-state index contributed by atoms with van der Waals surface area (Å²) in [4.78, 5) is 28.0. The standard InChI is InChI=1S/C19H27FN2O4/c1-12-10-14(23)11-15(20)16(12)17(24)22-8-6-13(7-9-22)21(5)18(25)26-19(2,3)4/h10-11,13,23H,6-9H2,1-5H3. The third-order valence-corrected chi connectivity index (χ3v) is 4.47. The molecular formula is C19H27FN2O4. The van der Waals surface area contributed by atoms with Gasteiger partial charge in [0, 0.05) is 32.2 Å². The summed E-state index contributed by atoms with van der Waals surface area (Å²) in [6.45, 7) is 7.89. The van der Waals surface area contributed by atoms with Gasteiger partial charge >= 0.3 is 6.09 Å². The fourth-order valence-corrected chi connectivity index (χ4v) is 3.09. The Kier molecular flexibility index (Phi) is 5.78. The van der Waals surface area contributed by atoms with Crippen molar-refractivity contribution in [3.05, 3.63) is 29.1 Å². The van der Waals surface area contributed by atoms with Crippen molar-refractivity contribution >= 4 is 12.0 Å². The zero-order valence-corrected chi connectivity index (χ0v) is 16.0. The van der Waals surface area contributed by atoms with E-state index in [0.29, 0.717) is 31.5 Å². The molecule has 0 bridgehead atoms. The van der Waals surface area contributed by atoms with Gasteiger partial charge in [-0.25, -0.2) is 9.18 Å². The average Bonchev–Trinajstić information content (AvgIpc) is 2.51. The van der Waals surface area contributed by atoms with Crippen LogP contribution in [0.4, 0.5) is 9.18 Å². The number of hydrogen-bond donors (Lipinski definition) is 1. The molecule has 0 aromatic heterocycles. The number of piperidine rings is 1. The maximum Gasteiger partial charge on any atom is 0.410 e. The normalized spacial score (nSPS) is 15.7. The molecule has 144 valence electrons. The van der Waals surface area contributed by atoms with E-state index in [1.807, 2.05) is 20.8 Å². The Bertz CT molecular complexity index is 668. The molecule has 6 nitrogen and oxygen atoms in total. The van der Waals surface area contributed by atoms with E-state index in [2.05, 4.69) is 0 Å². The predicted molar refractivity (Wildman–Crippen MR) is 95.7 cm³/mol. The summed E-state index contributed by atoms with van der Waals surface area (Å²) in [6, 6.07) is 2.29. The summed E-state index contributed by atoms with van der Waals surface area (Å²) in [5.41, 5.74) is -0.169. The Morgan fingerprint density at radius 3 is 2.35 bits per heavy atom. The summed E-state index contributed by atoms with van der Waals surface area (Å²) < 4.78 is 19.5. The van der Waals surface area contributed by atoms with E-state index in [0.717, 1.165) is 6.07 Å². The van der Waals surface area contributed by atoms with Gasteiger partial charge in [-0.2, -0.15) is 0 Å². The number of halogens is 1. The number of ether oxygens (including phenoxy) is 1. The van der Waals surface area contributed by atoms with Crippen LogP contribution in [0.2, 0.25) is 0 Å². The van der Waals surface area contributed by atoms with Gasteiger partial charge in [0.25, 0.3) is 5.91 Å². The highest BCUT2D eigenvalue weighted by Crippen LogP contribution is 2.24. The first-order valence-electron chi connectivity index (χ1n) is 8.74. The minimum atomic E-state index is -0.722. The molecule has 0 saturated carbocycles. The summed E-state index contributed by atoms with van der Waals surface area (Å²) in [6.07, 6.45) is 0.809. The second kappa shape index (κ2) is 7.51. The van der Waals surface area contributed by atoms with Crippen LogP contribution in [0.15, 0.2) is 12.1 Å². The Morgan fingerprint density at radius 1 is 1.27 bits per heavy atom. The van der Waals surface area contributed by atoms with E-state index in [4.69, 9.17) is 4.74 Å². The molecular weight excluding hydrogens is 339 g/mol. The first-order valence-corrected chi connectivity index (χ1v) is 8.74. The van der Waals surface area contributed by atoms with Crippen LogP contribution in [-0.2, 0) is 4.74 Å². The maximum atomic E-state index is 14.1. The number of phenols is 1. The number of rotatable bonds is 2. The molecule has 1 fully saturated rings. The van der Waals surface area contributed by atoms with Gasteiger partial charge < -0.3 is 19.6 Å². The Hall–Kier alpha value is -2.31. The van der Waals surface area contributed by atoms with Crippen molar-refractivity contribution in [3.8, 4) is 5.75 Å². The summed E-state index contributed by atoms with van der Waals surface area (Å²) in [5, 5.41) is 9.42. The molecule has 1 saturated heterocycles. The lowest BCUT2D eigenvalue weighted by Crippen LogP contribution is -2.48. The van der Waals surface area contributed by atoms with Crippen molar-refractivity contribution in [3.63, 3.8) is 0 Å². The molecule has 0 atom stereocenters. The minimum Gasteiger partial charge on any atom is -0.508 e. The van der Waals surface area contributed by atoms with Gasteiger partial charge in [-0.3, -0.25) is 4.79 Å². The van der Waals surface area contributed by atoms with Crippen LogP contribution in [0, 0.1) is 12.7 Å². The van der Waals surface area contributed by atoms with E-state index >= 15 is 0 Å². The van der Waals surface area contributed by atoms with Crippen LogP contribution in [0.1, 0.15) is 49.5 Å². The molecule has 1 aliphatic heterocycles. The van der Waals surface area contributed by atoms with Crippen molar-refractivity contribution in [1.82, 2.24) is 9.80 Å². The SMILES string of the molecule is Cc1cc(O)cc(F)c1C(=O)N1CCC(N(C)C(=O)OC(C)(C)C)CC1. The number of phenolic OH excluding ortho intramolecular Hbond substituents is 1. The van der Waals surface area contributed by atoms with Crippen LogP contribution in [0.3, 0.4) is 0 Å². The second-order valence-corrected chi connectivity index (χ2v) is 7.73. The van der Waals surface area contributed by atoms with Crippen molar-refractivity contribution in [2.24, 2.45) is 0 Å². The van der Waals surface area contributed by atoms with Gasteiger partial charge in [0.2, 0.25) is 0 Å². The summed E-state index contributed by atoms with van der Waals surface area (Å²) in [5.74, 6) is -1.31. The van der Waals surface area contributed by atoms with E-state index in [9.17, 15) is 19.1 Å². The fourth-order valence-electron chi connectivity index (χ4n) is 3.09. The molecule has 0 aliphatic carbocycles. The second-order valence-electron chi connectivity index (χ2n) is 7.73. The Morgan fingerprint density at radius 2 is 1.85 bits per heavy atom. The van der Waals surface area contributed by atoms with Crippen molar-refractivity contribution in [2.45, 2.75) is 52.2 Å². The van der Waals surface area contributed by atoms with E-state index in [1.165, 1.54) is 6.07 Å². The van der Waals surface area contributed by atoms with Gasteiger partial charge in [0.05, 0.1) is 5.56 Å². The molecule has 1 aliphatic rings. The van der Waals surface area contributed by atoms with Crippen LogP contribution >= 0.6 is 0 Å². The smallest absolute Gasteiger partial charge is 0.410 e. The number of benzene rings is 1. The highest BCUT2D eigenvalue weighted by atomic mass is 19.1. The van der Waals surface area contributed by atoms with Crippen LogP contribution in [0.25, 0.3) is 0 Å². The molecule has 1 aromatic rings. The molecule has 2 rings (SSSR count). The highest BCUT2D eigenvalue weighted by molar-refractivity contribution is 5.96. The third kappa shape index (κ3) is 4.65. The molecule has 26 heavy (non-hydrogen) atoms. The van der Waals surface area contributed by atoms with E-state index in [-0.39, 0.29) is 23.4 Å². The number of nitrogens with zero attached hydrogens (tertiary/aromatic N) is 2. The number of carbonyl (C=O) groups is 2. The Balaban J connectivity index is 2.00. The van der Waals surface area contributed by atoms with Gasteiger partial charge in [-0.1, -0.05) is 0 Å². The molecule has 0 spiro atoms. The highest BCUT2D eigenvalue weighted by Gasteiger charge is 2.31. The maximum absolute atomic E-state index is 14.1. The first kappa shape index (κ1) is 20.0. The number of aromatic hydroxyl groups is 1. The largest absolute Gasteiger partial charge is 0.508 e. The zero-order chi connectivity index (χ0) is 19.6. The fraction of sp³-hybridized carbons (Fsp3) is 0.579. The number of aryl methyl sites for hydroxylation is 1. The molecule has 1 heterocycles. The molecule has 1 N–H and O–H groups in total. The zero-order valence-electron chi connectivity index (χ0n) is 16.0. The molecule has 2 amide bonds. The van der Waals surface area contributed by atoms with Gasteiger partial charge in [-0.15, -0.1) is 0 Å². The van der Waals surface area contributed by atoms with E-state index in [1.54, 1.807) is 23.8 Å². The molecule has 0 unspecified atom stereocenters. The van der Waals surface area contributed by atoms with Crippen LogP contribution < -0.4 is 0 Å². The van der Waals surface area contributed by atoms with Gasteiger partial charge in [-0.05, 0) is 52.2 Å². The van der Waals surface area contributed by atoms with Gasteiger partial charge in [0.1, 0.15) is 17.2 Å². The number of amides is 2. The van der Waals surface area contributed by atoms with Crippen molar-refractivity contribution < 1.29 is 23.8 Å². The van der Waals surface area contributed by atoms with Crippen LogP contribution in [0.5, 0.6) is 5.75 Å². The predicted octanol–water partition coefficient (Wildman–Crippen LogP) is 3.31. The lowest BCUT2D eigenvalue weighted by atomic mass is 10.0. The quantitative estimate of drug-likeness (QED) is 0.872. The van der Waals surface area contributed by atoms with Crippen molar-refractivity contribution in [1.29, 1.82) is 0 Å². The first-order chi connectivity index (χ1) is 12.0. The topological polar surface area (TPSA) is 70.1 Å². The minimum absolute atomic E-state index is 0.0123. The molecule has 1 aromatic carbocycles. The number of hydrogen-bond acceptors (Lipinski definition) is 4. The van der Waals surface area contributed by atoms with Crippen molar-refractivity contribution in [2.75, 3.05) is 20.1 Å². The lowest BCUT2D eigenvalue weighted by Gasteiger charge is -2.37. The third-order valence-electron chi connectivity index (χ3n) is 4.47. The summed E-state index contributed by atoms with van der Waals surface area (Å²) in [7, 11) is 1.69. The van der Waals surface area contributed by atoms with E-state index < -0.39 is 17.3 Å². The summed E-state index contributed by atoms with van der Waals surface area (Å²) >= 11 is 0. The number of likely N-dealkylation sites (tertiary alicyclic amines) is 1. The lowest BCUT2D eigenvalue weighted by molar-refractivity contribution is 0.0155. The molecule has 7 heteroatoms. The monoisotopic (exact) mass is 366 g/mol. The van der Waals surface area contributed by atoms with Crippen LogP contribution in [-0.4, -0.2) is 58.7 Å². The number of carbonyl (C=O) groups excluding carboxylic acids is 2. The average molecular weight is 366 g/mol. The molecule has 0 radical (unpaired) electrons. The van der Waals surface area contributed by atoms with Gasteiger partial charge in [0.15, 0.2) is 0 Å². The Labute approximate surface area is 153 Å².